The van der Waals surface area contributed by atoms with Gasteiger partial charge in [0.1, 0.15) is 0 Å². The number of carbonyl (C=O) groups excluding carboxylic acids is 2. The van der Waals surface area contributed by atoms with Crippen molar-refractivity contribution in [3.63, 3.8) is 0 Å². The minimum absolute atomic E-state index is 0. The first-order valence-electron chi connectivity index (χ1n) is 14.1. The van der Waals surface area contributed by atoms with Gasteiger partial charge in [-0.3, -0.25) is 13.6 Å². The van der Waals surface area contributed by atoms with Crippen LogP contribution >= 0.6 is 15.8 Å². The second kappa shape index (κ2) is 19.8. The van der Waals surface area contributed by atoms with Crippen LogP contribution in [0.5, 0.6) is 0 Å². The molecule has 0 atom stereocenters. The van der Waals surface area contributed by atoms with Gasteiger partial charge in [-0.1, -0.05) is 25.7 Å². The second-order valence-electron chi connectivity index (χ2n) is 11.0. The summed E-state index contributed by atoms with van der Waals surface area (Å²) in [4.78, 5) is 15.5. The molecule has 0 amide bonds. The van der Waals surface area contributed by atoms with E-state index < -0.39 is 0 Å². The molecular formula is C28H52NiO2P2+2. The van der Waals surface area contributed by atoms with Crippen molar-refractivity contribution in [3.8, 4) is 0 Å². The third-order valence-electron chi connectivity index (χ3n) is 9.22. The molecule has 0 saturated heterocycles. The summed E-state index contributed by atoms with van der Waals surface area (Å²) >= 11 is 0. The third kappa shape index (κ3) is 10.7. The molecule has 0 heterocycles. The first kappa shape index (κ1) is 31.7. The van der Waals surface area contributed by atoms with Gasteiger partial charge in [0.25, 0.3) is 0 Å². The SMILES string of the molecule is C1CCC([PH+](CC[PH+](C2CCCCC2)C2CCCCC2)C2CCCCC2)CC1.[CH-]=O.[CH-]=O.[Ni+2]. The van der Waals surface area contributed by atoms with Gasteiger partial charge in [-0.25, -0.2) is 0 Å². The van der Waals surface area contributed by atoms with Gasteiger partial charge in [0, 0.05) is 15.8 Å². The molecule has 194 valence electrons. The standard InChI is InChI=1S/C26H48P2.2CHO.Ni/c1-5-13-23(14-6-1)27(24-15-7-2-8-16-24)21-22-28(25-17-9-3-10-18-25)26-19-11-4-12-20-26;2*1-2;/h23-26H,1-22H2;2*1H;/q;2*-1;+2/p+2. The Morgan fingerprint density at radius 2 is 0.576 bits per heavy atom. The first-order chi connectivity index (χ1) is 15.9. The molecule has 0 aromatic heterocycles. The van der Waals surface area contributed by atoms with Gasteiger partial charge in [0.2, 0.25) is 0 Å². The summed E-state index contributed by atoms with van der Waals surface area (Å²) < 4.78 is 0. The summed E-state index contributed by atoms with van der Waals surface area (Å²) in [5.41, 5.74) is 4.90. The van der Waals surface area contributed by atoms with Crippen LogP contribution < -0.4 is 0 Å². The molecule has 4 fully saturated rings. The summed E-state index contributed by atoms with van der Waals surface area (Å²) in [7, 11) is -0.182. The van der Waals surface area contributed by atoms with Crippen LogP contribution in [0.4, 0.5) is 0 Å². The van der Waals surface area contributed by atoms with E-state index in [4.69, 9.17) is 9.59 Å². The maximum atomic E-state index is 7.75. The molecule has 4 rings (SSSR count). The first-order valence-corrected chi connectivity index (χ1v) is 17.8. The molecule has 4 saturated carbocycles. The summed E-state index contributed by atoms with van der Waals surface area (Å²) in [6.45, 7) is 6.50. The molecule has 4 aliphatic rings. The van der Waals surface area contributed by atoms with Crippen LogP contribution in [0.25, 0.3) is 0 Å². The maximum Gasteiger partial charge on any atom is 2.00 e. The van der Waals surface area contributed by atoms with Gasteiger partial charge < -0.3 is 9.59 Å². The largest absolute Gasteiger partial charge is 2.00 e. The van der Waals surface area contributed by atoms with Crippen LogP contribution in [0.1, 0.15) is 128 Å². The predicted octanol–water partition coefficient (Wildman–Crippen LogP) is 8.19. The fourth-order valence-electron chi connectivity index (χ4n) is 7.67. The number of rotatable bonds is 7. The molecule has 0 unspecified atom stereocenters. The molecule has 4 aliphatic carbocycles. The van der Waals surface area contributed by atoms with E-state index in [1.165, 1.54) is 22.6 Å². The Labute approximate surface area is 218 Å². The van der Waals surface area contributed by atoms with E-state index in [-0.39, 0.29) is 32.3 Å². The molecular weight excluding hydrogens is 489 g/mol. The van der Waals surface area contributed by atoms with E-state index in [1.54, 1.807) is 141 Å². The summed E-state index contributed by atoms with van der Waals surface area (Å²) in [5.74, 6) is 0. The number of hydrogen-bond donors (Lipinski definition) is 0. The normalized spacial score (nSPS) is 23.7. The Balaban J connectivity index is 0.00000103. The second-order valence-corrected chi connectivity index (χ2v) is 17.6. The molecule has 0 aromatic carbocycles. The van der Waals surface area contributed by atoms with Crippen molar-refractivity contribution >= 4 is 29.4 Å². The predicted molar refractivity (Wildman–Crippen MR) is 147 cm³/mol. The van der Waals surface area contributed by atoms with Crippen molar-refractivity contribution < 1.29 is 26.1 Å². The van der Waals surface area contributed by atoms with Crippen molar-refractivity contribution in [3.05, 3.63) is 0 Å². The molecule has 0 bridgehead atoms. The third-order valence-corrected chi connectivity index (χ3v) is 17.9. The Hall–Kier alpha value is 0.694. The summed E-state index contributed by atoms with van der Waals surface area (Å²) in [5, 5.41) is 0. The Morgan fingerprint density at radius 1 is 0.394 bits per heavy atom. The quantitative estimate of drug-likeness (QED) is 0.141. The van der Waals surface area contributed by atoms with E-state index in [1.807, 2.05) is 0 Å². The van der Waals surface area contributed by atoms with Crippen molar-refractivity contribution in [2.75, 3.05) is 12.3 Å². The fraction of sp³-hybridized carbons (Fsp3) is 0.929. The maximum absolute atomic E-state index is 7.75. The van der Waals surface area contributed by atoms with Gasteiger partial charge in [0.15, 0.2) is 0 Å². The molecule has 0 aliphatic heterocycles. The average Bonchev–Trinajstić information content (AvgIpc) is 2.91. The van der Waals surface area contributed by atoms with Gasteiger partial charge in [0.05, 0.1) is 35.0 Å². The van der Waals surface area contributed by atoms with Crippen LogP contribution in [0, 0.1) is 0 Å². The fourth-order valence-corrected chi connectivity index (χ4v) is 17.5. The van der Waals surface area contributed by atoms with Crippen molar-refractivity contribution in [1.29, 1.82) is 0 Å². The zero-order valence-electron chi connectivity index (χ0n) is 21.2. The average molecular weight is 541 g/mol. The summed E-state index contributed by atoms with van der Waals surface area (Å²) in [6, 6.07) is 0. The van der Waals surface area contributed by atoms with Gasteiger partial charge in [-0.2, -0.15) is 0 Å². The van der Waals surface area contributed by atoms with Crippen molar-refractivity contribution in [2.24, 2.45) is 0 Å². The molecule has 0 radical (unpaired) electrons. The zero-order valence-corrected chi connectivity index (χ0v) is 24.1. The molecule has 2 nitrogen and oxygen atoms in total. The van der Waals surface area contributed by atoms with E-state index in [0.717, 1.165) is 0 Å². The minimum atomic E-state index is -0.0909. The monoisotopic (exact) mass is 540 g/mol. The van der Waals surface area contributed by atoms with Crippen LogP contribution in [0.15, 0.2) is 0 Å². The topological polar surface area (TPSA) is 34.1 Å². The van der Waals surface area contributed by atoms with Gasteiger partial charge in [-0.15, -0.1) is 0 Å². The zero-order chi connectivity index (χ0) is 23.0. The Bertz CT molecular complexity index is 379. The van der Waals surface area contributed by atoms with E-state index in [2.05, 4.69) is 13.6 Å². The van der Waals surface area contributed by atoms with Gasteiger partial charge in [-0.05, 0) is 103 Å². The molecule has 0 spiro atoms. The minimum Gasteiger partial charge on any atom is -0.545 e. The van der Waals surface area contributed by atoms with E-state index in [9.17, 15) is 0 Å². The van der Waals surface area contributed by atoms with E-state index >= 15 is 0 Å². The van der Waals surface area contributed by atoms with Crippen LogP contribution in [0.2, 0.25) is 0 Å². The molecule has 0 aromatic rings. The number of hydrogen-bond acceptors (Lipinski definition) is 2. The summed E-state index contributed by atoms with van der Waals surface area (Å²) in [6.07, 6.45) is 35.5. The Morgan fingerprint density at radius 3 is 0.758 bits per heavy atom. The van der Waals surface area contributed by atoms with Crippen molar-refractivity contribution in [1.82, 2.24) is 0 Å². The Kier molecular flexibility index (Phi) is 19.1. The van der Waals surface area contributed by atoms with Crippen LogP contribution in [0.3, 0.4) is 0 Å². The molecule has 5 heteroatoms. The van der Waals surface area contributed by atoms with Crippen LogP contribution in [-0.2, 0) is 26.1 Å². The van der Waals surface area contributed by atoms with Crippen LogP contribution in [-0.4, -0.2) is 48.5 Å². The van der Waals surface area contributed by atoms with Gasteiger partial charge >= 0.3 is 16.5 Å². The smallest absolute Gasteiger partial charge is 0.545 e. The van der Waals surface area contributed by atoms with Crippen molar-refractivity contribution in [2.45, 2.75) is 151 Å². The molecule has 0 N–H and O–H groups in total. The molecule has 33 heavy (non-hydrogen) atoms. The van der Waals surface area contributed by atoms with E-state index in [0.29, 0.717) is 0 Å².